The van der Waals surface area contributed by atoms with Gasteiger partial charge < -0.3 is 56.8 Å². The first kappa shape index (κ1) is 108. The predicted molar refractivity (Wildman–Crippen MR) is 493 cm³/mol. The summed E-state index contributed by atoms with van der Waals surface area (Å²) in [5.41, 5.74) is 14.2. The van der Waals surface area contributed by atoms with Gasteiger partial charge in [-0.25, -0.2) is 9.13 Å². The van der Waals surface area contributed by atoms with Crippen molar-refractivity contribution in [3.8, 4) is 80.1 Å². The van der Waals surface area contributed by atoms with Crippen LogP contribution >= 0.6 is 15.6 Å². The first-order valence-corrected chi connectivity index (χ1v) is 50.5. The molecule has 0 saturated carbocycles. The normalized spacial score (nSPS) is 13.1. The van der Waals surface area contributed by atoms with Crippen molar-refractivity contribution in [2.24, 2.45) is 0 Å². The average molecular weight is 1850 g/mol. The molecule has 28 heteroatoms. The van der Waals surface area contributed by atoms with Crippen molar-refractivity contribution in [3.05, 3.63) is 189 Å². The van der Waals surface area contributed by atoms with Crippen molar-refractivity contribution in [2.75, 3.05) is 79.3 Å². The van der Waals surface area contributed by atoms with Gasteiger partial charge in [-0.05, 0) is 180 Å². The van der Waals surface area contributed by atoms with E-state index in [1.54, 1.807) is 0 Å². The molecule has 0 amide bonds. The molecule has 0 spiro atoms. The standard InChI is InChI=1S/C66H84O12.C34H58N2.2F6P/c1-13-67-55-31-44-26-46-34-60(72-18-6)48(36-59(46)71-17-5)28-50-38-64(76-22-10)52(40-63(50)75-21-9)30-54-42-65(77-23-11)53(41-66(54)78-24-12)29-51-39-61(73-19-7)49(37-62(51)74-20-8)27-47-35-57(69-15-3)45(33-58(47)70-16-4)25-43(55)32-56(44)68-14-2;1-3-5-7-9-11-13-15-17-19-21-27-35-29-23-33(24-30-35)34-25-31-36(32-26-34)28-22-20-18-16-14-12-10-8-6-4-2;2*1-7(2,3,4,5)6/h31-42H,13-30H2,1-12H3;23-26,29-32H,3-22,27-28H2,1-2H3;;/q;+2;2*-1. The van der Waals surface area contributed by atoms with E-state index in [2.05, 4.69) is 145 Å². The third kappa shape index (κ3) is 41.6. The van der Waals surface area contributed by atoms with Crippen LogP contribution in [0.15, 0.2) is 122 Å². The molecule has 0 aliphatic heterocycles. The van der Waals surface area contributed by atoms with Crippen molar-refractivity contribution >= 4 is 15.6 Å². The SMILES string of the molecule is CCCCCCCCCCCC[n+]1ccc(-c2cc[n+](CCCCCCCCCCCC)cc2)cc1.CCOc1cc2c(OCC)cc1Cc1cc(OCC)c(cc1OCC)Cc1cc(OCC)c(cc1OCC)Cc1cc(OCC)c(cc1OCC)Cc1cc(OCC)c(cc1OCC)Cc1cc(OCC)c(cc1OCC)C2.F[P-](F)(F)(F)(F)F.F[P-](F)(F)(F)(F)F. The summed E-state index contributed by atoms with van der Waals surface area (Å²) in [7, 11) is -21.3. The van der Waals surface area contributed by atoms with Crippen LogP contribution in [0.3, 0.4) is 0 Å². The summed E-state index contributed by atoms with van der Waals surface area (Å²) in [6.45, 7) is 36.7. The number of unbranched alkanes of at least 4 members (excludes halogenated alkanes) is 18. The molecule has 0 fully saturated rings. The number of aromatic nitrogens is 2. The Balaban J connectivity index is 0.000000414. The Morgan fingerprint density at radius 3 is 0.430 bits per heavy atom. The second-order valence-corrected chi connectivity index (χ2v) is 35.4. The predicted octanol–water partition coefficient (Wildman–Crippen LogP) is 30.9. The van der Waals surface area contributed by atoms with Gasteiger partial charge in [0.05, 0.1) is 79.3 Å². The van der Waals surface area contributed by atoms with Gasteiger partial charge in [-0.3, -0.25) is 0 Å². The number of pyridine rings is 2. The van der Waals surface area contributed by atoms with Crippen LogP contribution in [0, 0.1) is 0 Å². The van der Waals surface area contributed by atoms with Crippen molar-refractivity contribution in [3.63, 3.8) is 0 Å². The quantitative estimate of drug-likeness (QED) is 0.0156. The molecule has 16 aliphatic rings. The minimum atomic E-state index is -10.7. The molecule has 0 saturated heterocycles. The molecule has 16 aliphatic carbocycles. The zero-order valence-corrected chi connectivity index (χ0v) is 79.8. The zero-order chi connectivity index (χ0) is 93.9. The third-order valence-corrected chi connectivity index (χ3v) is 21.0. The second kappa shape index (κ2) is 51.7. The molecule has 8 aromatic rings. The van der Waals surface area contributed by atoms with Gasteiger partial charge in [0.1, 0.15) is 82.1 Å². The van der Waals surface area contributed by atoms with Gasteiger partial charge >= 0.3 is 66.0 Å². The molecule has 24 rings (SSSR count). The van der Waals surface area contributed by atoms with Crippen LogP contribution in [-0.4, -0.2) is 79.3 Å². The summed E-state index contributed by atoms with van der Waals surface area (Å²) in [5.74, 6) is 9.17. The van der Waals surface area contributed by atoms with E-state index in [9.17, 15) is 50.4 Å². The summed E-state index contributed by atoms with van der Waals surface area (Å²) in [4.78, 5) is 0. The summed E-state index contributed by atoms with van der Waals surface area (Å²) in [5, 5.41) is 0. The first-order chi connectivity index (χ1) is 60.8. The number of rotatable bonds is 47. The maximum atomic E-state index is 9.87. The first-order valence-electron chi connectivity index (χ1n) is 46.4. The van der Waals surface area contributed by atoms with Crippen LogP contribution in [0.5, 0.6) is 69.0 Å². The van der Waals surface area contributed by atoms with E-state index in [1.165, 1.54) is 140 Å². The van der Waals surface area contributed by atoms with Crippen molar-refractivity contribution in [1.29, 1.82) is 0 Å². The number of ether oxygens (including phenoxy) is 12. The van der Waals surface area contributed by atoms with E-state index >= 15 is 0 Å². The molecule has 2 aromatic heterocycles. The van der Waals surface area contributed by atoms with E-state index in [0.717, 1.165) is 149 Å². The van der Waals surface area contributed by atoms with Gasteiger partial charge in [-0.2, -0.15) is 0 Å². The minimum absolute atomic E-state index is 0.476. The Kier molecular flexibility index (Phi) is 43.7. The molecular formula is C100H142F12N2O12P2. The Morgan fingerprint density at radius 1 is 0.195 bits per heavy atom. The number of hydrogen-bond donors (Lipinski definition) is 0. The van der Waals surface area contributed by atoms with Gasteiger partial charge in [0.25, 0.3) is 0 Å². The van der Waals surface area contributed by atoms with Crippen molar-refractivity contribution < 1.29 is 116 Å². The Morgan fingerprint density at radius 2 is 0.312 bits per heavy atom. The van der Waals surface area contributed by atoms with Gasteiger partial charge in [0, 0.05) is 142 Å². The second-order valence-electron chi connectivity index (χ2n) is 31.6. The molecule has 6 aromatic carbocycles. The fourth-order valence-electron chi connectivity index (χ4n) is 15.4. The summed E-state index contributed by atoms with van der Waals surface area (Å²) in [6.07, 6.45) is 40.0. The molecule has 0 unspecified atom stereocenters. The van der Waals surface area contributed by atoms with Gasteiger partial charge in [0.15, 0.2) is 24.8 Å². The summed E-state index contributed by atoms with van der Waals surface area (Å²) >= 11 is 0. The number of benzene rings is 6. The average Bonchev–Trinajstić information content (AvgIpc) is 0.792. The molecule has 0 N–H and O–H groups in total. The van der Waals surface area contributed by atoms with E-state index in [0.29, 0.717) is 118 Å². The monoisotopic (exact) mass is 1850 g/mol. The number of aryl methyl sites for hydroxylation is 2. The summed E-state index contributed by atoms with van der Waals surface area (Å²) in [6, 6.07) is 34.5. The van der Waals surface area contributed by atoms with E-state index in [4.69, 9.17) is 56.8 Å². The van der Waals surface area contributed by atoms with E-state index < -0.39 is 15.6 Å². The Labute approximate surface area is 753 Å². The molecule has 718 valence electrons. The molecule has 2 heterocycles. The Bertz CT molecular complexity index is 3830. The van der Waals surface area contributed by atoms with Crippen LogP contribution in [0.1, 0.15) is 292 Å². The van der Waals surface area contributed by atoms with E-state index in [1.807, 2.05) is 83.1 Å². The number of halogens is 12. The van der Waals surface area contributed by atoms with Crippen LogP contribution in [0.4, 0.5) is 50.4 Å². The van der Waals surface area contributed by atoms with Gasteiger partial charge in [-0.15, -0.1) is 0 Å². The maximum absolute atomic E-state index is 10.7. The number of nitrogens with zero attached hydrogens (tertiary/aromatic N) is 2. The topological polar surface area (TPSA) is 119 Å². The van der Waals surface area contributed by atoms with Gasteiger partial charge in [-0.1, -0.05) is 117 Å². The van der Waals surface area contributed by atoms with Crippen LogP contribution < -0.4 is 66.0 Å². The fraction of sp³-hybridized carbons (Fsp3) is 0.540. The van der Waals surface area contributed by atoms with Crippen LogP contribution in [0.2, 0.25) is 0 Å². The molecule has 128 heavy (non-hydrogen) atoms. The number of hydrogen-bond acceptors (Lipinski definition) is 12. The van der Waals surface area contributed by atoms with Crippen LogP contribution in [0.25, 0.3) is 11.1 Å². The zero-order valence-electron chi connectivity index (χ0n) is 78.1. The van der Waals surface area contributed by atoms with Crippen LogP contribution in [-0.2, 0) is 51.6 Å². The molecule has 14 nitrogen and oxygen atoms in total. The summed E-state index contributed by atoms with van der Waals surface area (Å²) < 4.78 is 201. The Hall–Kier alpha value is -8.76. The molecular weight excluding hydrogens is 1710 g/mol. The molecule has 0 radical (unpaired) electrons. The van der Waals surface area contributed by atoms with Crippen molar-refractivity contribution in [2.45, 2.75) is 277 Å². The molecule has 12 bridgehead atoms. The molecule has 0 atom stereocenters. The van der Waals surface area contributed by atoms with E-state index in [-0.39, 0.29) is 0 Å². The van der Waals surface area contributed by atoms with Gasteiger partial charge in [0.2, 0.25) is 0 Å². The fourth-order valence-corrected chi connectivity index (χ4v) is 15.4. The van der Waals surface area contributed by atoms with Crippen molar-refractivity contribution in [1.82, 2.24) is 0 Å². The third-order valence-electron chi connectivity index (χ3n) is 21.0.